The number of likely N-dealkylation sites (tertiary alicyclic amines) is 1. The molecule has 2 aliphatic heterocycles. The lowest BCUT2D eigenvalue weighted by molar-refractivity contribution is 0.00894. The Labute approximate surface area is 148 Å². The molecular formula is C19H25N3OS. The summed E-state index contributed by atoms with van der Waals surface area (Å²) in [5.74, 6) is 0. The second-order valence-electron chi connectivity index (χ2n) is 6.75. The van der Waals surface area contributed by atoms with E-state index < -0.39 is 0 Å². The maximum absolute atomic E-state index is 6.13. The fourth-order valence-corrected chi connectivity index (χ4v) is 4.86. The molecule has 0 saturated carbocycles. The summed E-state index contributed by atoms with van der Waals surface area (Å²) in [7, 11) is 0. The molecule has 0 radical (unpaired) electrons. The van der Waals surface area contributed by atoms with E-state index in [1.807, 2.05) is 29.8 Å². The Morgan fingerprint density at radius 3 is 2.92 bits per heavy atom. The summed E-state index contributed by atoms with van der Waals surface area (Å²) < 4.78 is 6.13. The average Bonchev–Trinajstić information content (AvgIpc) is 2.91. The number of ether oxygens (including phenoxy) is 1. The zero-order valence-electron chi connectivity index (χ0n) is 14.2. The van der Waals surface area contributed by atoms with Gasteiger partial charge >= 0.3 is 0 Å². The van der Waals surface area contributed by atoms with E-state index in [0.717, 1.165) is 45.6 Å². The van der Waals surface area contributed by atoms with Gasteiger partial charge in [-0.05, 0) is 44.0 Å². The highest BCUT2D eigenvalue weighted by Crippen LogP contribution is 2.29. The van der Waals surface area contributed by atoms with Gasteiger partial charge in [0.2, 0.25) is 0 Å². The van der Waals surface area contributed by atoms with E-state index in [9.17, 15) is 0 Å². The minimum atomic E-state index is 0.342. The van der Waals surface area contributed by atoms with Crippen molar-refractivity contribution in [2.45, 2.75) is 38.5 Å². The third-order valence-corrected chi connectivity index (χ3v) is 6.10. The maximum atomic E-state index is 6.13. The van der Waals surface area contributed by atoms with Gasteiger partial charge in [0.15, 0.2) is 0 Å². The van der Waals surface area contributed by atoms with Crippen LogP contribution < -0.4 is 4.90 Å². The average molecular weight is 343 g/mol. The fourth-order valence-electron chi connectivity index (χ4n) is 3.93. The third-order valence-electron chi connectivity index (χ3n) is 5.12. The van der Waals surface area contributed by atoms with Crippen LogP contribution in [0.5, 0.6) is 0 Å². The van der Waals surface area contributed by atoms with E-state index in [4.69, 9.17) is 4.74 Å². The first kappa shape index (κ1) is 16.1. The van der Waals surface area contributed by atoms with Gasteiger partial charge in [0, 0.05) is 42.1 Å². The molecule has 0 aliphatic carbocycles. The Morgan fingerprint density at radius 1 is 1.21 bits per heavy atom. The van der Waals surface area contributed by atoms with Gasteiger partial charge in [-0.1, -0.05) is 0 Å². The predicted molar refractivity (Wildman–Crippen MR) is 98.7 cm³/mol. The minimum Gasteiger partial charge on any atom is -0.374 e. The molecule has 0 N–H and O–H groups in total. The van der Waals surface area contributed by atoms with Gasteiger partial charge < -0.3 is 9.64 Å². The van der Waals surface area contributed by atoms with Gasteiger partial charge in [-0.25, -0.2) is 0 Å². The van der Waals surface area contributed by atoms with Crippen molar-refractivity contribution in [2.24, 2.45) is 0 Å². The number of hydrogen-bond donors (Lipinski definition) is 0. The molecule has 2 saturated heterocycles. The normalized spacial score (nSPS) is 25.3. The highest BCUT2D eigenvalue weighted by Gasteiger charge is 2.34. The van der Waals surface area contributed by atoms with Gasteiger partial charge in [-0.2, -0.15) is 0 Å². The largest absolute Gasteiger partial charge is 0.374 e. The van der Waals surface area contributed by atoms with Crippen LogP contribution in [0.1, 0.15) is 22.6 Å². The fraction of sp³-hybridized carbons (Fsp3) is 0.526. The Morgan fingerprint density at radius 2 is 2.12 bits per heavy atom. The zero-order valence-corrected chi connectivity index (χ0v) is 15.0. The van der Waals surface area contributed by atoms with E-state index in [-0.39, 0.29) is 0 Å². The lowest BCUT2D eigenvalue weighted by atomic mass is 10.0. The van der Waals surface area contributed by atoms with Gasteiger partial charge in [0.25, 0.3) is 0 Å². The molecule has 0 amide bonds. The summed E-state index contributed by atoms with van der Waals surface area (Å²) in [4.78, 5) is 12.3. The molecule has 0 bridgehead atoms. The second-order valence-corrected chi connectivity index (χ2v) is 8.12. The second kappa shape index (κ2) is 7.21. The summed E-state index contributed by atoms with van der Waals surface area (Å²) in [5, 5.41) is 0. The van der Waals surface area contributed by atoms with Crippen molar-refractivity contribution in [2.75, 3.05) is 31.1 Å². The van der Waals surface area contributed by atoms with E-state index >= 15 is 0 Å². The molecule has 2 fully saturated rings. The molecule has 128 valence electrons. The molecule has 4 nitrogen and oxygen atoms in total. The molecule has 5 heteroatoms. The number of fused-ring (bicyclic) bond motifs is 1. The first-order valence-electron chi connectivity index (χ1n) is 8.85. The van der Waals surface area contributed by atoms with Gasteiger partial charge in [-0.3, -0.25) is 9.88 Å². The van der Waals surface area contributed by atoms with Gasteiger partial charge in [-0.15, -0.1) is 11.3 Å². The number of aromatic nitrogens is 1. The van der Waals surface area contributed by atoms with Crippen LogP contribution in [0.2, 0.25) is 0 Å². The summed E-state index contributed by atoms with van der Waals surface area (Å²) in [5.41, 5.74) is 1.23. The molecule has 2 aliphatic rings. The van der Waals surface area contributed by atoms with Gasteiger partial charge in [0.1, 0.15) is 0 Å². The number of nitrogens with zero attached hydrogens (tertiary/aromatic N) is 3. The van der Waals surface area contributed by atoms with Crippen molar-refractivity contribution in [1.29, 1.82) is 0 Å². The molecule has 0 spiro atoms. The number of anilines is 1. The van der Waals surface area contributed by atoms with E-state index in [0.29, 0.717) is 12.1 Å². The number of pyridine rings is 1. The lowest BCUT2D eigenvalue weighted by Gasteiger charge is -2.41. The Hall–Kier alpha value is -1.43. The van der Waals surface area contributed by atoms with Crippen molar-refractivity contribution in [3.63, 3.8) is 0 Å². The quantitative estimate of drug-likeness (QED) is 0.855. The monoisotopic (exact) mass is 343 g/mol. The summed E-state index contributed by atoms with van der Waals surface area (Å²) in [6.45, 7) is 7.31. The Bertz CT molecular complexity index is 660. The molecule has 2 aromatic heterocycles. The van der Waals surface area contributed by atoms with Crippen molar-refractivity contribution in [3.8, 4) is 0 Å². The Balaban J connectivity index is 1.45. The SMILES string of the molecule is Cc1ccc(CN2CCC3OCCN(c4cccnc4)C3CC2)s1. The van der Waals surface area contributed by atoms with Crippen LogP contribution in [-0.4, -0.2) is 48.3 Å². The van der Waals surface area contributed by atoms with Crippen molar-refractivity contribution < 1.29 is 4.74 Å². The predicted octanol–water partition coefficient (Wildman–Crippen LogP) is 3.32. The van der Waals surface area contributed by atoms with Crippen LogP contribution in [0, 0.1) is 6.92 Å². The zero-order chi connectivity index (χ0) is 16.4. The smallest absolute Gasteiger partial charge is 0.0791 e. The Kier molecular flexibility index (Phi) is 4.83. The standard InChI is InChI=1S/C19H25N3OS/c1-15-4-5-17(24-15)14-21-9-6-18-19(7-10-21)23-12-11-22(18)16-3-2-8-20-13-16/h2-5,8,13,18-19H,6-7,9-12,14H2,1H3. The van der Waals surface area contributed by atoms with Gasteiger partial charge in [0.05, 0.1) is 30.6 Å². The molecule has 4 heterocycles. The highest BCUT2D eigenvalue weighted by atomic mass is 32.1. The van der Waals surface area contributed by atoms with Crippen LogP contribution >= 0.6 is 11.3 Å². The van der Waals surface area contributed by atoms with Crippen molar-refractivity contribution >= 4 is 17.0 Å². The van der Waals surface area contributed by atoms with Crippen LogP contribution in [0.15, 0.2) is 36.7 Å². The topological polar surface area (TPSA) is 28.6 Å². The van der Waals surface area contributed by atoms with Crippen molar-refractivity contribution in [3.05, 3.63) is 46.4 Å². The third kappa shape index (κ3) is 3.48. The molecule has 24 heavy (non-hydrogen) atoms. The number of aryl methyl sites for hydroxylation is 1. The van der Waals surface area contributed by atoms with E-state index in [1.54, 1.807) is 0 Å². The molecule has 2 aromatic rings. The number of hydrogen-bond acceptors (Lipinski definition) is 5. The van der Waals surface area contributed by atoms with Crippen LogP contribution in [0.25, 0.3) is 0 Å². The summed E-state index contributed by atoms with van der Waals surface area (Å²) >= 11 is 1.92. The van der Waals surface area contributed by atoms with E-state index in [1.165, 1.54) is 15.4 Å². The lowest BCUT2D eigenvalue weighted by Crippen LogP contribution is -2.51. The molecule has 4 rings (SSSR count). The molecule has 2 unspecified atom stereocenters. The molecule has 2 atom stereocenters. The number of morpholine rings is 1. The first-order chi connectivity index (χ1) is 11.8. The summed E-state index contributed by atoms with van der Waals surface area (Å²) in [6.07, 6.45) is 6.45. The van der Waals surface area contributed by atoms with Crippen LogP contribution in [0.4, 0.5) is 5.69 Å². The molecule has 0 aromatic carbocycles. The first-order valence-corrected chi connectivity index (χ1v) is 9.67. The maximum Gasteiger partial charge on any atom is 0.0791 e. The number of rotatable bonds is 3. The minimum absolute atomic E-state index is 0.342. The molecular weight excluding hydrogens is 318 g/mol. The van der Waals surface area contributed by atoms with Crippen LogP contribution in [0.3, 0.4) is 0 Å². The van der Waals surface area contributed by atoms with Crippen molar-refractivity contribution in [1.82, 2.24) is 9.88 Å². The summed E-state index contributed by atoms with van der Waals surface area (Å²) in [6, 6.07) is 9.17. The van der Waals surface area contributed by atoms with E-state index in [2.05, 4.69) is 39.9 Å². The highest BCUT2D eigenvalue weighted by molar-refractivity contribution is 7.11. The van der Waals surface area contributed by atoms with Crippen LogP contribution in [-0.2, 0) is 11.3 Å². The number of thiophene rings is 1.